The highest BCUT2D eigenvalue weighted by molar-refractivity contribution is 9.11. The molecule has 8 aromatic rings. The fourth-order valence-corrected chi connectivity index (χ4v) is 7.40. The van der Waals surface area contributed by atoms with Gasteiger partial charge in [0.15, 0.2) is 0 Å². The van der Waals surface area contributed by atoms with Gasteiger partial charge < -0.3 is 0 Å². The molecule has 0 aliphatic heterocycles. The Labute approximate surface area is 312 Å². The molecule has 0 radical (unpaired) electrons. The summed E-state index contributed by atoms with van der Waals surface area (Å²) in [6, 6.07) is 50.9. The van der Waals surface area contributed by atoms with Crippen LogP contribution in [-0.4, -0.2) is 9.97 Å². The van der Waals surface area contributed by atoms with Crippen molar-refractivity contribution >= 4 is 85.3 Å². The van der Waals surface area contributed by atoms with E-state index >= 15 is 0 Å². The number of rotatable bonds is 5. The van der Waals surface area contributed by atoms with Crippen LogP contribution in [0.2, 0.25) is 0 Å². The Hall–Kier alpha value is -3.94. The lowest BCUT2D eigenvalue weighted by molar-refractivity contribution is 1.28. The monoisotopic (exact) mass is 872 g/mol. The van der Waals surface area contributed by atoms with Crippen LogP contribution in [0.3, 0.4) is 0 Å². The smallest absolute Gasteiger partial charge is 0.0979 e. The van der Waals surface area contributed by atoms with Crippen molar-refractivity contribution in [3.05, 3.63) is 163 Å². The van der Waals surface area contributed by atoms with Crippen LogP contribution in [0.4, 0.5) is 0 Å². The molecule has 0 aliphatic carbocycles. The zero-order valence-electron chi connectivity index (χ0n) is 25.3. The molecule has 6 heteroatoms. The maximum atomic E-state index is 5.58. The number of aromatic nitrogens is 2. The maximum absolute atomic E-state index is 5.58. The van der Waals surface area contributed by atoms with Crippen LogP contribution in [0.25, 0.3) is 77.7 Å². The topological polar surface area (TPSA) is 25.8 Å². The molecule has 2 heterocycles. The molecule has 0 saturated carbocycles. The molecule has 0 unspecified atom stereocenters. The Morgan fingerprint density at radius 1 is 0.271 bits per heavy atom. The van der Waals surface area contributed by atoms with Crippen molar-refractivity contribution in [3.8, 4) is 56.2 Å². The van der Waals surface area contributed by atoms with E-state index in [0.717, 1.165) is 95.6 Å². The number of hydrogen-bond donors (Lipinski definition) is 0. The number of nitrogens with zero attached hydrogens (tertiary/aromatic N) is 2. The molecular weight excluding hydrogens is 852 g/mol. The highest BCUT2D eigenvalue weighted by Crippen LogP contribution is 2.45. The minimum Gasteiger partial charge on any atom is -0.245 e. The number of halogens is 4. The fourth-order valence-electron chi connectivity index (χ4n) is 6.34. The van der Waals surface area contributed by atoms with E-state index in [1.165, 1.54) is 0 Å². The first-order valence-corrected chi connectivity index (χ1v) is 18.5. The van der Waals surface area contributed by atoms with Gasteiger partial charge in [0.05, 0.1) is 22.8 Å². The van der Waals surface area contributed by atoms with Gasteiger partial charge in [-0.05, 0) is 70.4 Å². The Morgan fingerprint density at radius 3 is 0.854 bits per heavy atom. The van der Waals surface area contributed by atoms with Gasteiger partial charge >= 0.3 is 0 Å². The second-order valence-electron chi connectivity index (χ2n) is 11.5. The van der Waals surface area contributed by atoms with E-state index in [1.807, 2.05) is 0 Å². The van der Waals surface area contributed by atoms with E-state index < -0.39 is 0 Å². The average molecular weight is 876 g/mol. The Morgan fingerprint density at radius 2 is 0.542 bits per heavy atom. The van der Waals surface area contributed by atoms with Crippen LogP contribution in [-0.2, 0) is 0 Å². The van der Waals surface area contributed by atoms with E-state index in [-0.39, 0.29) is 0 Å². The molecule has 6 aromatic carbocycles. The normalized spacial score (nSPS) is 11.3. The third kappa shape index (κ3) is 5.85. The molecule has 0 spiro atoms. The van der Waals surface area contributed by atoms with Crippen molar-refractivity contribution in [3.63, 3.8) is 0 Å². The Bertz CT molecular complexity index is 2280. The van der Waals surface area contributed by atoms with Crippen molar-refractivity contribution in [1.29, 1.82) is 0 Å². The lowest BCUT2D eigenvalue weighted by Gasteiger charge is -2.20. The lowest BCUT2D eigenvalue weighted by atomic mass is 9.89. The van der Waals surface area contributed by atoms with Gasteiger partial charge in [-0.25, -0.2) is 9.97 Å². The number of pyridine rings is 2. The molecule has 48 heavy (non-hydrogen) atoms. The molecular formula is C42H24Br4N2. The van der Waals surface area contributed by atoms with Gasteiger partial charge in [-0.3, -0.25) is 0 Å². The van der Waals surface area contributed by atoms with Crippen LogP contribution in [0.5, 0.6) is 0 Å². The Balaban J connectivity index is 1.51. The summed E-state index contributed by atoms with van der Waals surface area (Å²) in [5.74, 6) is 0. The lowest BCUT2D eigenvalue weighted by Crippen LogP contribution is -2.00. The Kier molecular flexibility index (Phi) is 8.60. The van der Waals surface area contributed by atoms with Gasteiger partial charge in [0.25, 0.3) is 0 Å². The van der Waals surface area contributed by atoms with Gasteiger partial charge in [-0.15, -0.1) is 0 Å². The van der Waals surface area contributed by atoms with Crippen LogP contribution in [0.15, 0.2) is 163 Å². The molecule has 0 bridgehead atoms. The van der Waals surface area contributed by atoms with E-state index in [2.05, 4.69) is 209 Å². The van der Waals surface area contributed by atoms with Crippen LogP contribution in [0.1, 0.15) is 0 Å². The first-order chi connectivity index (χ1) is 23.4. The van der Waals surface area contributed by atoms with Gasteiger partial charge in [-0.2, -0.15) is 0 Å². The summed E-state index contributed by atoms with van der Waals surface area (Å²) in [4.78, 5) is 11.2. The summed E-state index contributed by atoms with van der Waals surface area (Å²) in [7, 11) is 0. The first kappa shape index (κ1) is 31.3. The van der Waals surface area contributed by atoms with Gasteiger partial charge in [-0.1, -0.05) is 161 Å². The van der Waals surface area contributed by atoms with Crippen molar-refractivity contribution in [2.45, 2.75) is 0 Å². The molecule has 2 nitrogen and oxygen atoms in total. The number of benzene rings is 6. The second-order valence-corrected chi connectivity index (χ2v) is 15.1. The number of fused-ring (bicyclic) bond motifs is 2. The molecule has 0 saturated heterocycles. The second kappa shape index (κ2) is 13.2. The third-order valence-corrected chi connectivity index (χ3v) is 10.7. The van der Waals surface area contributed by atoms with Gasteiger partial charge in [0, 0.05) is 50.9 Å². The van der Waals surface area contributed by atoms with Crippen LogP contribution in [0, 0.1) is 0 Å². The minimum absolute atomic E-state index is 0.848. The predicted molar refractivity (Wildman–Crippen MR) is 215 cm³/mol. The highest BCUT2D eigenvalue weighted by atomic mass is 79.9. The van der Waals surface area contributed by atoms with E-state index in [9.17, 15) is 0 Å². The number of hydrogen-bond acceptors (Lipinski definition) is 2. The molecule has 0 atom stereocenters. The van der Waals surface area contributed by atoms with E-state index in [1.54, 1.807) is 0 Å². The molecule has 0 aliphatic rings. The zero-order valence-corrected chi connectivity index (χ0v) is 31.6. The van der Waals surface area contributed by atoms with Crippen LogP contribution < -0.4 is 0 Å². The summed E-state index contributed by atoms with van der Waals surface area (Å²) in [5, 5.41) is 4.34. The summed E-state index contributed by atoms with van der Waals surface area (Å²) in [5.41, 5.74) is 9.97. The fraction of sp³-hybridized carbons (Fsp3) is 0. The largest absolute Gasteiger partial charge is 0.245 e. The molecule has 0 N–H and O–H groups in total. The predicted octanol–water partition coefficient (Wildman–Crippen LogP) is 14.2. The molecule has 2 aromatic heterocycles. The summed E-state index contributed by atoms with van der Waals surface area (Å²) >= 11 is 14.5. The summed E-state index contributed by atoms with van der Waals surface area (Å²) < 4.78 is 4.11. The molecule has 0 amide bonds. The van der Waals surface area contributed by atoms with Crippen molar-refractivity contribution in [2.75, 3.05) is 0 Å². The van der Waals surface area contributed by atoms with Crippen LogP contribution >= 0.6 is 63.7 Å². The minimum atomic E-state index is 0.848. The third-order valence-electron chi connectivity index (χ3n) is 8.55. The standard InChI is InChI=1S/C42H24Br4N2/c43-29-17-9-25(10-18-29)37-33-5-1-3-7-35(33)41(47-39(37)27-13-21-31(45)22-14-27)42-36-8-4-2-6-34(36)38(26-11-19-30(44)20-12-26)40(48-42)28-15-23-32(46)24-16-28/h1-24H. The molecule has 0 fully saturated rings. The average Bonchev–Trinajstić information content (AvgIpc) is 3.12. The summed E-state index contributed by atoms with van der Waals surface area (Å²) in [6.07, 6.45) is 0. The summed E-state index contributed by atoms with van der Waals surface area (Å²) in [6.45, 7) is 0. The van der Waals surface area contributed by atoms with E-state index in [4.69, 9.17) is 9.97 Å². The SMILES string of the molecule is Brc1ccc(-c2nc(-c3nc(-c4ccc(Br)cc4)c(-c4ccc(Br)cc4)c4ccccc34)c3ccccc3c2-c2ccc(Br)cc2)cc1. The zero-order chi connectivity index (χ0) is 32.8. The van der Waals surface area contributed by atoms with Gasteiger partial charge in [0.1, 0.15) is 0 Å². The first-order valence-electron chi connectivity index (χ1n) is 15.3. The quantitative estimate of drug-likeness (QED) is 0.172. The van der Waals surface area contributed by atoms with Crippen molar-refractivity contribution in [1.82, 2.24) is 9.97 Å². The highest BCUT2D eigenvalue weighted by Gasteiger charge is 2.23. The van der Waals surface area contributed by atoms with Crippen molar-refractivity contribution < 1.29 is 0 Å². The van der Waals surface area contributed by atoms with Gasteiger partial charge in [0.2, 0.25) is 0 Å². The molecule has 230 valence electrons. The maximum Gasteiger partial charge on any atom is 0.0979 e. The van der Waals surface area contributed by atoms with E-state index in [0.29, 0.717) is 0 Å². The molecule has 8 rings (SSSR count). The van der Waals surface area contributed by atoms with Crippen molar-refractivity contribution in [2.24, 2.45) is 0 Å².